The number of carbonyl (C=O) groups is 3. The van der Waals surface area contributed by atoms with Crippen LogP contribution in [0.1, 0.15) is 17.5 Å². The molecule has 7 nitrogen and oxygen atoms in total. The lowest BCUT2D eigenvalue weighted by Crippen LogP contribution is -2.43. The van der Waals surface area contributed by atoms with E-state index in [9.17, 15) is 14.4 Å². The first-order valence-corrected chi connectivity index (χ1v) is 6.64. The van der Waals surface area contributed by atoms with E-state index in [1.165, 1.54) is 18.0 Å². The fourth-order valence-electron chi connectivity index (χ4n) is 1.53. The molecule has 0 unspecified atom stereocenters. The molecule has 110 valence electrons. The van der Waals surface area contributed by atoms with Crippen LogP contribution < -0.4 is 0 Å². The van der Waals surface area contributed by atoms with Gasteiger partial charge in [0, 0.05) is 13.6 Å². The van der Waals surface area contributed by atoms with Crippen LogP contribution in [-0.4, -0.2) is 59.4 Å². The Morgan fingerprint density at radius 3 is 2.40 bits per heavy atom. The number of likely N-dealkylation sites (N-methyl/N-ethyl adjacent to an activating group) is 2. The van der Waals surface area contributed by atoms with E-state index in [-0.39, 0.29) is 25.4 Å². The molecule has 8 heteroatoms. The van der Waals surface area contributed by atoms with Crippen molar-refractivity contribution in [2.24, 2.45) is 0 Å². The van der Waals surface area contributed by atoms with E-state index < -0.39 is 17.8 Å². The van der Waals surface area contributed by atoms with E-state index in [0.29, 0.717) is 4.67 Å². The zero-order valence-corrected chi connectivity index (χ0v) is 12.7. The number of amides is 2. The second-order valence-corrected chi connectivity index (χ2v) is 4.85. The molecule has 20 heavy (non-hydrogen) atoms. The summed E-state index contributed by atoms with van der Waals surface area (Å²) in [7, 11) is 1.45. The Kier molecular flexibility index (Phi) is 5.75. The first-order valence-electron chi connectivity index (χ1n) is 5.85. The molecule has 1 aromatic rings. The van der Waals surface area contributed by atoms with Crippen LogP contribution in [0.4, 0.5) is 0 Å². The fraction of sp³-hybridized carbons (Fsp3) is 0.417. The maximum atomic E-state index is 12.0. The van der Waals surface area contributed by atoms with Gasteiger partial charge in [-0.2, -0.15) is 0 Å². The molecule has 1 N–H and O–H groups in total. The highest BCUT2D eigenvalue weighted by Crippen LogP contribution is 2.15. The Labute approximate surface area is 124 Å². The fourth-order valence-corrected chi connectivity index (χ4v) is 1.84. The van der Waals surface area contributed by atoms with Crippen LogP contribution in [0.5, 0.6) is 0 Å². The topological polar surface area (TPSA) is 91.1 Å². The normalized spacial score (nSPS) is 10.2. The van der Waals surface area contributed by atoms with E-state index in [2.05, 4.69) is 15.9 Å². The van der Waals surface area contributed by atoms with Crippen molar-refractivity contribution in [2.75, 3.05) is 26.7 Å². The zero-order valence-electron chi connectivity index (χ0n) is 11.1. The summed E-state index contributed by atoms with van der Waals surface area (Å²) in [5.41, 5.74) is 0. The SMILES string of the molecule is CCN(CC(=O)O)C(=O)CN(C)C(=O)c1ccc(Br)o1. The van der Waals surface area contributed by atoms with Gasteiger partial charge in [0.25, 0.3) is 5.91 Å². The molecule has 1 rings (SSSR count). The molecule has 0 aliphatic carbocycles. The number of aliphatic carboxylic acids is 1. The summed E-state index contributed by atoms with van der Waals surface area (Å²) in [5.74, 6) is -1.87. The summed E-state index contributed by atoms with van der Waals surface area (Å²) < 4.78 is 5.52. The maximum Gasteiger partial charge on any atom is 0.323 e. The number of nitrogens with zero attached hydrogens (tertiary/aromatic N) is 2. The molecular formula is C12H15BrN2O5. The first kappa shape index (κ1) is 16.2. The van der Waals surface area contributed by atoms with Gasteiger partial charge in [-0.3, -0.25) is 14.4 Å². The molecule has 0 saturated heterocycles. The molecule has 0 saturated carbocycles. The molecule has 0 aromatic carbocycles. The molecule has 2 amide bonds. The Balaban J connectivity index is 2.64. The van der Waals surface area contributed by atoms with Crippen molar-refractivity contribution in [2.45, 2.75) is 6.92 Å². The van der Waals surface area contributed by atoms with Crippen LogP contribution in [0.15, 0.2) is 21.2 Å². The van der Waals surface area contributed by atoms with Gasteiger partial charge in [0.05, 0.1) is 6.54 Å². The second-order valence-electron chi connectivity index (χ2n) is 4.07. The number of carbonyl (C=O) groups excluding carboxylic acids is 2. The summed E-state index contributed by atoms with van der Waals surface area (Å²) in [6.07, 6.45) is 0. The standard InChI is InChI=1S/C12H15BrN2O5/c1-3-15(7-11(17)18)10(16)6-14(2)12(19)8-4-5-9(13)20-8/h4-5H,3,6-7H2,1-2H3,(H,17,18). The number of carboxylic acid groups (broad SMARTS) is 1. The molecular weight excluding hydrogens is 332 g/mol. The quantitative estimate of drug-likeness (QED) is 0.831. The minimum absolute atomic E-state index is 0.105. The number of halogens is 1. The van der Waals surface area contributed by atoms with Crippen LogP contribution in [0.25, 0.3) is 0 Å². The highest BCUT2D eigenvalue weighted by atomic mass is 79.9. The van der Waals surface area contributed by atoms with Gasteiger partial charge in [-0.15, -0.1) is 0 Å². The van der Waals surface area contributed by atoms with Crippen molar-refractivity contribution < 1.29 is 23.9 Å². The molecule has 0 bridgehead atoms. The predicted octanol–water partition coefficient (Wildman–Crippen LogP) is 1.05. The Morgan fingerprint density at radius 2 is 1.95 bits per heavy atom. The zero-order chi connectivity index (χ0) is 15.3. The minimum Gasteiger partial charge on any atom is -0.480 e. The predicted molar refractivity (Wildman–Crippen MR) is 73.3 cm³/mol. The first-order chi connectivity index (χ1) is 9.35. The van der Waals surface area contributed by atoms with Crippen molar-refractivity contribution in [1.82, 2.24) is 9.80 Å². The van der Waals surface area contributed by atoms with Gasteiger partial charge in [-0.1, -0.05) is 0 Å². The van der Waals surface area contributed by atoms with Crippen LogP contribution in [0, 0.1) is 0 Å². The third kappa shape index (κ3) is 4.37. The number of carboxylic acids is 1. The Bertz CT molecular complexity index is 514. The van der Waals surface area contributed by atoms with Gasteiger partial charge < -0.3 is 19.3 Å². The summed E-state index contributed by atoms with van der Waals surface area (Å²) in [6, 6.07) is 3.06. The average molecular weight is 347 g/mol. The molecule has 0 spiro atoms. The van der Waals surface area contributed by atoms with E-state index >= 15 is 0 Å². The molecule has 1 heterocycles. The molecule has 0 atom stereocenters. The van der Waals surface area contributed by atoms with Gasteiger partial charge in [0.2, 0.25) is 5.91 Å². The minimum atomic E-state index is -1.09. The summed E-state index contributed by atoms with van der Waals surface area (Å²) in [5, 5.41) is 8.69. The summed E-state index contributed by atoms with van der Waals surface area (Å²) in [4.78, 5) is 36.8. The Morgan fingerprint density at radius 1 is 1.30 bits per heavy atom. The smallest absolute Gasteiger partial charge is 0.323 e. The van der Waals surface area contributed by atoms with Crippen LogP contribution in [0.3, 0.4) is 0 Å². The third-order valence-electron chi connectivity index (χ3n) is 2.56. The van der Waals surface area contributed by atoms with Gasteiger partial charge in [-0.05, 0) is 35.0 Å². The molecule has 0 aliphatic rings. The van der Waals surface area contributed by atoms with Crippen LogP contribution in [0.2, 0.25) is 0 Å². The third-order valence-corrected chi connectivity index (χ3v) is 2.99. The van der Waals surface area contributed by atoms with Crippen molar-refractivity contribution in [3.63, 3.8) is 0 Å². The van der Waals surface area contributed by atoms with Crippen molar-refractivity contribution in [1.29, 1.82) is 0 Å². The lowest BCUT2D eigenvalue weighted by atomic mass is 10.3. The van der Waals surface area contributed by atoms with Gasteiger partial charge in [-0.25, -0.2) is 0 Å². The maximum absolute atomic E-state index is 12.0. The molecule has 0 radical (unpaired) electrons. The van der Waals surface area contributed by atoms with E-state index in [1.807, 2.05) is 0 Å². The van der Waals surface area contributed by atoms with Crippen molar-refractivity contribution in [3.05, 3.63) is 22.6 Å². The molecule has 0 fully saturated rings. The highest BCUT2D eigenvalue weighted by molar-refractivity contribution is 9.10. The summed E-state index contributed by atoms with van der Waals surface area (Å²) >= 11 is 3.08. The lowest BCUT2D eigenvalue weighted by Gasteiger charge is -2.22. The Hall–Kier alpha value is -1.83. The van der Waals surface area contributed by atoms with Crippen LogP contribution >= 0.6 is 15.9 Å². The largest absolute Gasteiger partial charge is 0.480 e. The monoisotopic (exact) mass is 346 g/mol. The van der Waals surface area contributed by atoms with Crippen LogP contribution in [-0.2, 0) is 9.59 Å². The molecule has 0 aliphatic heterocycles. The number of rotatable bonds is 6. The second kappa shape index (κ2) is 7.09. The number of furan rings is 1. The van der Waals surface area contributed by atoms with Crippen molar-refractivity contribution >= 4 is 33.7 Å². The van der Waals surface area contributed by atoms with Gasteiger partial charge in [0.15, 0.2) is 10.4 Å². The summed E-state index contributed by atoms with van der Waals surface area (Å²) in [6.45, 7) is 1.34. The number of hydrogen-bond donors (Lipinski definition) is 1. The van der Waals surface area contributed by atoms with Gasteiger partial charge >= 0.3 is 5.97 Å². The average Bonchev–Trinajstić information content (AvgIpc) is 2.81. The number of hydrogen-bond acceptors (Lipinski definition) is 4. The van der Waals surface area contributed by atoms with E-state index in [1.54, 1.807) is 13.0 Å². The van der Waals surface area contributed by atoms with Gasteiger partial charge in [0.1, 0.15) is 6.54 Å². The van der Waals surface area contributed by atoms with E-state index in [0.717, 1.165) is 4.90 Å². The highest BCUT2D eigenvalue weighted by Gasteiger charge is 2.21. The van der Waals surface area contributed by atoms with Crippen molar-refractivity contribution in [3.8, 4) is 0 Å². The van der Waals surface area contributed by atoms with E-state index in [4.69, 9.17) is 9.52 Å². The lowest BCUT2D eigenvalue weighted by molar-refractivity contribution is -0.144. The molecule has 1 aromatic heterocycles.